The number of allylic oxidation sites excluding steroid dienone is 1. The Balaban J connectivity index is 3.04. The summed E-state index contributed by atoms with van der Waals surface area (Å²) in [5, 5.41) is 8.43. The fourth-order valence-electron chi connectivity index (χ4n) is 0.612. The number of hydrogen-bond acceptors (Lipinski definition) is 2. The highest BCUT2D eigenvalue weighted by molar-refractivity contribution is 4.83. The molecule has 2 nitrogen and oxygen atoms in total. The predicted octanol–water partition coefficient (Wildman–Crippen LogP) is 0.877. The lowest BCUT2D eigenvalue weighted by Gasteiger charge is -2.02. The standard InChI is InChI=1S/C8H17NO/c1-9(2)7-5-3-4-6-8-10/h3,5,10H,4,6-8H2,1-2H3/b5-3-. The van der Waals surface area contributed by atoms with Gasteiger partial charge in [-0.05, 0) is 26.9 Å². The van der Waals surface area contributed by atoms with Crippen LogP contribution in [0.5, 0.6) is 0 Å². The van der Waals surface area contributed by atoms with E-state index >= 15 is 0 Å². The first-order chi connectivity index (χ1) is 4.77. The van der Waals surface area contributed by atoms with Crippen LogP contribution in [-0.2, 0) is 0 Å². The molecular formula is C8H17NO. The summed E-state index contributed by atoms with van der Waals surface area (Å²) in [6, 6.07) is 0. The number of nitrogens with zero attached hydrogens (tertiary/aromatic N) is 1. The molecule has 0 aliphatic rings. The quantitative estimate of drug-likeness (QED) is 0.456. The van der Waals surface area contributed by atoms with Gasteiger partial charge in [-0.1, -0.05) is 12.2 Å². The molecule has 0 bridgehead atoms. The van der Waals surface area contributed by atoms with E-state index in [0.717, 1.165) is 19.4 Å². The van der Waals surface area contributed by atoms with Gasteiger partial charge in [-0.3, -0.25) is 0 Å². The van der Waals surface area contributed by atoms with Crippen molar-refractivity contribution in [2.45, 2.75) is 12.8 Å². The van der Waals surface area contributed by atoms with Crippen LogP contribution < -0.4 is 0 Å². The largest absolute Gasteiger partial charge is 0.396 e. The van der Waals surface area contributed by atoms with Crippen molar-refractivity contribution in [2.24, 2.45) is 0 Å². The van der Waals surface area contributed by atoms with Gasteiger partial charge in [-0.25, -0.2) is 0 Å². The Hall–Kier alpha value is -0.340. The maximum Gasteiger partial charge on any atom is 0.0433 e. The summed E-state index contributed by atoms with van der Waals surface area (Å²) in [5.74, 6) is 0. The van der Waals surface area contributed by atoms with Gasteiger partial charge in [0, 0.05) is 13.2 Å². The molecule has 0 spiro atoms. The second-order valence-electron chi connectivity index (χ2n) is 2.60. The summed E-state index contributed by atoms with van der Waals surface area (Å²) in [5.41, 5.74) is 0. The van der Waals surface area contributed by atoms with Crippen molar-refractivity contribution in [1.29, 1.82) is 0 Å². The molecule has 0 aliphatic carbocycles. The van der Waals surface area contributed by atoms with Crippen LogP contribution in [-0.4, -0.2) is 37.3 Å². The van der Waals surface area contributed by atoms with E-state index in [1.807, 2.05) is 14.1 Å². The average molecular weight is 143 g/mol. The van der Waals surface area contributed by atoms with E-state index in [4.69, 9.17) is 5.11 Å². The number of aliphatic hydroxyl groups excluding tert-OH is 1. The lowest BCUT2D eigenvalue weighted by atomic mass is 10.3. The zero-order valence-electron chi connectivity index (χ0n) is 6.88. The van der Waals surface area contributed by atoms with Gasteiger partial charge in [0.05, 0.1) is 0 Å². The van der Waals surface area contributed by atoms with Crippen LogP contribution in [0.2, 0.25) is 0 Å². The highest BCUT2D eigenvalue weighted by atomic mass is 16.2. The van der Waals surface area contributed by atoms with Gasteiger partial charge in [0.1, 0.15) is 0 Å². The molecule has 0 saturated heterocycles. The molecule has 0 aromatic heterocycles. The molecule has 0 aliphatic heterocycles. The third-order valence-corrected chi connectivity index (χ3v) is 1.17. The lowest BCUT2D eigenvalue weighted by molar-refractivity contribution is 0.289. The monoisotopic (exact) mass is 143 g/mol. The van der Waals surface area contributed by atoms with Crippen molar-refractivity contribution in [2.75, 3.05) is 27.2 Å². The van der Waals surface area contributed by atoms with Gasteiger partial charge >= 0.3 is 0 Å². The first-order valence-corrected chi connectivity index (χ1v) is 3.68. The normalized spacial score (nSPS) is 11.6. The Morgan fingerprint density at radius 2 is 2.00 bits per heavy atom. The van der Waals surface area contributed by atoms with E-state index < -0.39 is 0 Å². The Kier molecular flexibility index (Phi) is 6.55. The lowest BCUT2D eigenvalue weighted by Crippen LogP contribution is -2.10. The van der Waals surface area contributed by atoms with Crippen LogP contribution >= 0.6 is 0 Å². The summed E-state index contributed by atoms with van der Waals surface area (Å²) in [7, 11) is 4.08. The van der Waals surface area contributed by atoms with E-state index in [-0.39, 0.29) is 0 Å². The zero-order valence-corrected chi connectivity index (χ0v) is 6.88. The molecule has 0 unspecified atom stereocenters. The van der Waals surface area contributed by atoms with E-state index in [0.29, 0.717) is 6.61 Å². The topological polar surface area (TPSA) is 23.5 Å². The molecule has 60 valence electrons. The van der Waals surface area contributed by atoms with Crippen molar-refractivity contribution < 1.29 is 5.11 Å². The van der Waals surface area contributed by atoms with Crippen molar-refractivity contribution in [3.63, 3.8) is 0 Å². The molecule has 0 aromatic rings. The zero-order chi connectivity index (χ0) is 7.82. The highest BCUT2D eigenvalue weighted by Gasteiger charge is 1.81. The van der Waals surface area contributed by atoms with Crippen LogP contribution in [0.15, 0.2) is 12.2 Å². The van der Waals surface area contributed by atoms with Crippen molar-refractivity contribution in [1.82, 2.24) is 4.90 Å². The smallest absolute Gasteiger partial charge is 0.0433 e. The SMILES string of the molecule is CN(C)C/C=C\CCCO. The summed E-state index contributed by atoms with van der Waals surface area (Å²) < 4.78 is 0. The Morgan fingerprint density at radius 3 is 2.50 bits per heavy atom. The van der Waals surface area contributed by atoms with Crippen molar-refractivity contribution in [3.05, 3.63) is 12.2 Å². The van der Waals surface area contributed by atoms with Crippen LogP contribution in [0, 0.1) is 0 Å². The minimum Gasteiger partial charge on any atom is -0.396 e. The van der Waals surface area contributed by atoms with Gasteiger partial charge in [0.25, 0.3) is 0 Å². The second kappa shape index (κ2) is 6.78. The van der Waals surface area contributed by atoms with E-state index in [2.05, 4.69) is 17.1 Å². The Morgan fingerprint density at radius 1 is 1.30 bits per heavy atom. The molecular weight excluding hydrogens is 126 g/mol. The minimum absolute atomic E-state index is 0.298. The van der Waals surface area contributed by atoms with E-state index in [1.54, 1.807) is 0 Å². The fraction of sp³-hybridized carbons (Fsp3) is 0.750. The molecule has 10 heavy (non-hydrogen) atoms. The molecule has 0 heterocycles. The number of likely N-dealkylation sites (N-methyl/N-ethyl adjacent to an activating group) is 1. The van der Waals surface area contributed by atoms with E-state index in [9.17, 15) is 0 Å². The van der Waals surface area contributed by atoms with Crippen molar-refractivity contribution in [3.8, 4) is 0 Å². The molecule has 0 fully saturated rings. The molecule has 0 aromatic carbocycles. The number of hydrogen-bond donors (Lipinski definition) is 1. The van der Waals surface area contributed by atoms with Crippen LogP contribution in [0.1, 0.15) is 12.8 Å². The molecule has 2 heteroatoms. The number of unbranched alkanes of at least 4 members (excludes halogenated alkanes) is 1. The number of rotatable bonds is 5. The minimum atomic E-state index is 0.298. The highest BCUT2D eigenvalue weighted by Crippen LogP contribution is 1.88. The van der Waals surface area contributed by atoms with Gasteiger partial charge in [0.2, 0.25) is 0 Å². The molecule has 0 rings (SSSR count). The summed E-state index contributed by atoms with van der Waals surface area (Å²) in [6.45, 7) is 1.29. The first-order valence-electron chi connectivity index (χ1n) is 3.68. The van der Waals surface area contributed by atoms with Crippen LogP contribution in [0.3, 0.4) is 0 Å². The summed E-state index contributed by atoms with van der Waals surface area (Å²) >= 11 is 0. The summed E-state index contributed by atoms with van der Waals surface area (Å²) in [6.07, 6.45) is 6.10. The molecule has 1 N–H and O–H groups in total. The molecule has 0 amide bonds. The molecule has 0 radical (unpaired) electrons. The van der Waals surface area contributed by atoms with Crippen molar-refractivity contribution >= 4 is 0 Å². The molecule has 0 atom stereocenters. The van der Waals surface area contributed by atoms with Gasteiger partial charge in [-0.15, -0.1) is 0 Å². The maximum absolute atomic E-state index is 8.43. The van der Waals surface area contributed by atoms with Gasteiger partial charge in [0.15, 0.2) is 0 Å². The fourth-order valence-corrected chi connectivity index (χ4v) is 0.612. The number of aliphatic hydroxyl groups is 1. The third kappa shape index (κ3) is 7.66. The average Bonchev–Trinajstić information content (AvgIpc) is 1.87. The van der Waals surface area contributed by atoms with E-state index in [1.165, 1.54) is 0 Å². The van der Waals surface area contributed by atoms with Crippen LogP contribution in [0.4, 0.5) is 0 Å². The Labute approximate surface area is 63.2 Å². The maximum atomic E-state index is 8.43. The van der Waals surface area contributed by atoms with Gasteiger partial charge < -0.3 is 10.0 Å². The third-order valence-electron chi connectivity index (χ3n) is 1.17. The first kappa shape index (κ1) is 9.66. The van der Waals surface area contributed by atoms with Gasteiger partial charge in [-0.2, -0.15) is 0 Å². The second-order valence-corrected chi connectivity index (χ2v) is 2.60. The van der Waals surface area contributed by atoms with Crippen LogP contribution in [0.25, 0.3) is 0 Å². The predicted molar refractivity (Wildman–Crippen MR) is 44.0 cm³/mol. The summed E-state index contributed by atoms with van der Waals surface area (Å²) in [4.78, 5) is 2.11. The Bertz CT molecular complexity index is 89.3. The molecule has 0 saturated carbocycles.